The summed E-state index contributed by atoms with van der Waals surface area (Å²) in [7, 11) is 0. The van der Waals surface area contributed by atoms with Gasteiger partial charge in [0.15, 0.2) is 0 Å². The van der Waals surface area contributed by atoms with E-state index >= 15 is 0 Å². The van der Waals surface area contributed by atoms with Crippen molar-refractivity contribution in [1.29, 1.82) is 36.8 Å². The Hall–Kier alpha value is -5.81. The van der Waals surface area contributed by atoms with E-state index in [9.17, 15) is 47.4 Å². The number of benzene rings is 2. The van der Waals surface area contributed by atoms with Crippen molar-refractivity contribution < 1.29 is 26.3 Å². The minimum absolute atomic E-state index is 0.116. The van der Waals surface area contributed by atoms with Gasteiger partial charge in [-0.05, 0) is 23.4 Å². The maximum absolute atomic E-state index is 14.0. The predicted molar refractivity (Wildman–Crippen MR) is 104 cm³/mol. The van der Waals surface area contributed by atoms with Crippen LogP contribution in [0.5, 0.6) is 0 Å². The Kier molecular flexibility index (Phi) is 7.04. The molecule has 0 radical (unpaired) electrons. The third-order valence-electron chi connectivity index (χ3n) is 4.66. The van der Waals surface area contributed by atoms with Gasteiger partial charge in [0.2, 0.25) is 0 Å². The van der Waals surface area contributed by atoms with E-state index in [1.807, 2.05) is 0 Å². The average molecular weight is 491 g/mol. The molecule has 172 valence electrons. The summed E-state index contributed by atoms with van der Waals surface area (Å²) in [6.45, 7) is 0. The topological polar surface area (TPSA) is 167 Å². The van der Waals surface area contributed by atoms with Gasteiger partial charge in [-0.1, -0.05) is 0 Å². The molecule has 0 saturated carbocycles. The zero-order chi connectivity index (χ0) is 27.4. The van der Waals surface area contributed by atoms with Crippen LogP contribution in [0.4, 0.5) is 26.3 Å². The molecule has 0 fully saturated rings. The van der Waals surface area contributed by atoms with Crippen LogP contribution in [0.2, 0.25) is 0 Å². The first-order valence-corrected chi connectivity index (χ1v) is 8.93. The molecule has 13 heteroatoms. The summed E-state index contributed by atoms with van der Waals surface area (Å²) < 4.78 is 82.7. The molecule has 0 aliphatic carbocycles. The molecule has 0 aliphatic rings. The van der Waals surface area contributed by atoms with Crippen LogP contribution in [0.1, 0.15) is 38.9 Å². The molecule has 2 aromatic rings. The van der Waals surface area contributed by atoms with Crippen LogP contribution in [0, 0.1) is 79.3 Å². The van der Waals surface area contributed by atoms with Crippen LogP contribution in [-0.4, -0.2) is 0 Å². The molecule has 0 atom stereocenters. The van der Waals surface area contributed by atoms with Crippen molar-refractivity contribution in [2.24, 2.45) is 0 Å². The maximum Gasteiger partial charge on any atom is 0.418 e. The van der Waals surface area contributed by atoms with E-state index in [1.165, 1.54) is 30.3 Å². The first-order valence-electron chi connectivity index (χ1n) is 8.93. The van der Waals surface area contributed by atoms with Gasteiger partial charge in [-0.3, -0.25) is 0 Å². The Balaban J connectivity index is 3.41. The minimum Gasteiger partial charge on any atom is -0.192 e. The second-order valence-electron chi connectivity index (χ2n) is 6.57. The normalized spacial score (nSPS) is 10.3. The first-order chi connectivity index (χ1) is 16.8. The Morgan fingerprint density at radius 3 is 1.44 bits per heavy atom. The molecule has 0 amide bonds. The van der Waals surface area contributed by atoms with E-state index in [0.717, 1.165) is 12.1 Å². The van der Waals surface area contributed by atoms with Crippen LogP contribution in [0.3, 0.4) is 0 Å². The third kappa shape index (κ3) is 4.48. The van der Waals surface area contributed by atoms with E-state index in [1.54, 1.807) is 0 Å². The molecule has 0 saturated heterocycles. The lowest BCUT2D eigenvalue weighted by molar-refractivity contribution is -0.141. The summed E-state index contributed by atoms with van der Waals surface area (Å²) in [6.07, 6.45) is -10.9. The molecule has 2 rings (SSSR count). The fraction of sp³-hybridized carbons (Fsp3) is 0.0870. The average Bonchev–Trinajstić information content (AvgIpc) is 2.83. The molecule has 0 heterocycles. The summed E-state index contributed by atoms with van der Waals surface area (Å²) in [4.78, 5) is 0. The van der Waals surface area contributed by atoms with Crippen LogP contribution >= 0.6 is 0 Å². The molecule has 2 aromatic carbocycles. The molecule has 0 unspecified atom stereocenters. The highest BCUT2D eigenvalue weighted by molar-refractivity contribution is 5.83. The molecular weight excluding hydrogens is 488 g/mol. The molecule has 0 N–H and O–H groups in total. The van der Waals surface area contributed by atoms with Gasteiger partial charge in [-0.25, -0.2) is 0 Å². The Bertz CT molecular complexity index is 1670. The smallest absolute Gasteiger partial charge is 0.192 e. The number of halogens is 6. The lowest BCUT2D eigenvalue weighted by Crippen LogP contribution is -2.23. The highest BCUT2D eigenvalue weighted by Gasteiger charge is 2.43. The summed E-state index contributed by atoms with van der Waals surface area (Å²) in [5.41, 5.74) is -11.7. The van der Waals surface area contributed by atoms with E-state index in [0.29, 0.717) is 12.1 Å². The predicted octanol–water partition coefficient (Wildman–Crippen LogP) is 3.13. The molecule has 7 nitrogen and oxygen atoms in total. The quantitative estimate of drug-likeness (QED) is 0.552. The van der Waals surface area contributed by atoms with Crippen LogP contribution < -0.4 is 10.4 Å². The number of alkyl halides is 6. The Morgan fingerprint density at radius 2 is 1.11 bits per heavy atom. The highest BCUT2D eigenvalue weighted by Crippen LogP contribution is 2.43. The van der Waals surface area contributed by atoms with E-state index in [2.05, 4.69) is 0 Å². The van der Waals surface area contributed by atoms with Crippen LogP contribution in [-0.2, 0) is 12.4 Å². The zero-order valence-electron chi connectivity index (χ0n) is 17.1. The van der Waals surface area contributed by atoms with Gasteiger partial charge in [-0.2, -0.15) is 63.2 Å². The second-order valence-corrected chi connectivity index (χ2v) is 6.57. The first kappa shape index (κ1) is 26.4. The molecule has 0 aliphatic heterocycles. The number of hydrogen-bond acceptors (Lipinski definition) is 7. The summed E-state index contributed by atoms with van der Waals surface area (Å²) >= 11 is 0. The molecule has 36 heavy (non-hydrogen) atoms. The summed E-state index contributed by atoms with van der Waals surface area (Å²) in [5.74, 6) is 0. The van der Waals surface area contributed by atoms with Gasteiger partial charge in [0.25, 0.3) is 0 Å². The van der Waals surface area contributed by atoms with Gasteiger partial charge >= 0.3 is 12.4 Å². The van der Waals surface area contributed by atoms with E-state index < -0.39 is 72.9 Å². The van der Waals surface area contributed by atoms with Gasteiger partial charge in [0.05, 0.1) is 51.1 Å². The SMILES string of the molecule is N#CC(c1cc(C(F)(F)F)c(C#N)c(C#N)c1C(F)(F)F)=c1cc(C#N)c(=C(C#N)C#N)c(C#N)c1. The third-order valence-corrected chi connectivity index (χ3v) is 4.66. The highest BCUT2D eigenvalue weighted by atomic mass is 19.4. The fourth-order valence-corrected chi connectivity index (χ4v) is 3.28. The molecule has 0 aromatic heterocycles. The number of nitriles is 7. The second kappa shape index (κ2) is 9.59. The Labute approximate surface area is 197 Å². The maximum atomic E-state index is 14.0. The lowest BCUT2D eigenvalue weighted by Gasteiger charge is -2.19. The van der Waals surface area contributed by atoms with Crippen LogP contribution in [0.15, 0.2) is 18.2 Å². The lowest BCUT2D eigenvalue weighted by atomic mass is 9.87. The van der Waals surface area contributed by atoms with E-state index in [-0.39, 0.29) is 6.07 Å². The number of hydrogen-bond donors (Lipinski definition) is 0. The van der Waals surface area contributed by atoms with Crippen molar-refractivity contribution in [2.45, 2.75) is 12.4 Å². The van der Waals surface area contributed by atoms with Crippen molar-refractivity contribution in [1.82, 2.24) is 0 Å². The van der Waals surface area contributed by atoms with Crippen molar-refractivity contribution >= 4 is 11.1 Å². The fourth-order valence-electron chi connectivity index (χ4n) is 3.28. The standard InChI is InChI=1S/C23H3F6N7/c24-22(25,26)19-3-15(21(23(27,28)29)18(10-36)17(19)9-35)16(8-34)11-1-12(4-30)20(13(2-11)5-31)14(6-32)7-33/h1-3H. The van der Waals surface area contributed by atoms with Crippen molar-refractivity contribution in [3.8, 4) is 42.5 Å². The number of rotatable bonds is 1. The number of nitrogens with zero attached hydrogens (tertiary/aromatic N) is 7. The molecular formula is C23H3F6N7. The van der Waals surface area contributed by atoms with Gasteiger partial charge in [-0.15, -0.1) is 0 Å². The van der Waals surface area contributed by atoms with Crippen LogP contribution in [0.25, 0.3) is 11.1 Å². The summed E-state index contributed by atoms with van der Waals surface area (Å²) in [6, 6.07) is 10.4. The molecule has 0 bridgehead atoms. The largest absolute Gasteiger partial charge is 0.418 e. The molecule has 0 spiro atoms. The summed E-state index contributed by atoms with van der Waals surface area (Å²) in [5, 5.41) is 63.9. The van der Waals surface area contributed by atoms with Gasteiger partial charge in [0.1, 0.15) is 35.9 Å². The van der Waals surface area contributed by atoms with Crippen molar-refractivity contribution in [3.63, 3.8) is 0 Å². The van der Waals surface area contributed by atoms with Crippen molar-refractivity contribution in [2.75, 3.05) is 0 Å². The van der Waals surface area contributed by atoms with E-state index in [4.69, 9.17) is 15.8 Å². The Morgan fingerprint density at radius 1 is 0.611 bits per heavy atom. The zero-order valence-corrected chi connectivity index (χ0v) is 17.1. The monoisotopic (exact) mass is 491 g/mol. The van der Waals surface area contributed by atoms with Gasteiger partial charge in [0, 0.05) is 10.8 Å². The van der Waals surface area contributed by atoms with Gasteiger partial charge < -0.3 is 0 Å². The van der Waals surface area contributed by atoms with Crippen molar-refractivity contribution in [3.05, 3.63) is 67.6 Å². The minimum atomic E-state index is -5.52.